The van der Waals surface area contributed by atoms with Gasteiger partial charge in [0.15, 0.2) is 0 Å². The molecule has 2 saturated heterocycles. The highest BCUT2D eigenvalue weighted by atomic mass is 16.7. The standard InChI is InChI=1S/C19H22BN3O4/c1-18(2)19(3,4)27-20(26-18)13-9-12-10-14(5-6-15(12)21-11-13)23-8-7-16(24)22-17(23)25/h5-6,9-11H,7-8H2,1-4H3,(H,22,24,25). The molecule has 7 nitrogen and oxygen atoms in total. The van der Waals surface area contributed by atoms with Crippen LogP contribution in [-0.4, -0.2) is 41.8 Å². The number of hydrogen-bond acceptors (Lipinski definition) is 5. The van der Waals surface area contributed by atoms with Gasteiger partial charge in [-0.3, -0.25) is 20.0 Å². The zero-order valence-electron chi connectivity index (χ0n) is 15.9. The van der Waals surface area contributed by atoms with E-state index in [2.05, 4.69) is 10.3 Å². The maximum atomic E-state index is 12.1. The van der Waals surface area contributed by atoms with Crippen molar-refractivity contribution in [1.82, 2.24) is 10.3 Å². The zero-order chi connectivity index (χ0) is 19.4. The van der Waals surface area contributed by atoms with Gasteiger partial charge in [0.25, 0.3) is 0 Å². The Morgan fingerprint density at radius 1 is 1.11 bits per heavy atom. The van der Waals surface area contributed by atoms with Crippen LogP contribution in [0.25, 0.3) is 10.9 Å². The number of aromatic nitrogens is 1. The minimum Gasteiger partial charge on any atom is -0.399 e. The molecule has 2 aliphatic heterocycles. The Morgan fingerprint density at radius 2 is 1.81 bits per heavy atom. The van der Waals surface area contributed by atoms with Crippen LogP contribution in [0.15, 0.2) is 30.5 Å². The molecule has 1 aromatic carbocycles. The lowest BCUT2D eigenvalue weighted by Crippen LogP contribution is -2.49. The largest absolute Gasteiger partial charge is 0.496 e. The molecular weight excluding hydrogens is 345 g/mol. The summed E-state index contributed by atoms with van der Waals surface area (Å²) in [4.78, 5) is 29.5. The van der Waals surface area contributed by atoms with E-state index in [9.17, 15) is 9.59 Å². The summed E-state index contributed by atoms with van der Waals surface area (Å²) in [6.45, 7) is 8.40. The normalized spacial score (nSPS) is 21.6. The number of imide groups is 1. The summed E-state index contributed by atoms with van der Waals surface area (Å²) >= 11 is 0. The molecule has 2 aliphatic rings. The van der Waals surface area contributed by atoms with Gasteiger partial charge in [-0.25, -0.2) is 4.79 Å². The third-order valence-electron chi connectivity index (χ3n) is 5.58. The van der Waals surface area contributed by atoms with E-state index < -0.39 is 24.4 Å². The first-order valence-electron chi connectivity index (χ1n) is 9.03. The van der Waals surface area contributed by atoms with E-state index in [4.69, 9.17) is 9.31 Å². The highest BCUT2D eigenvalue weighted by Gasteiger charge is 2.51. The van der Waals surface area contributed by atoms with Crippen molar-refractivity contribution in [2.24, 2.45) is 0 Å². The summed E-state index contributed by atoms with van der Waals surface area (Å²) in [7, 11) is -0.494. The fourth-order valence-corrected chi connectivity index (χ4v) is 3.22. The van der Waals surface area contributed by atoms with E-state index in [1.165, 1.54) is 0 Å². The second kappa shape index (κ2) is 6.04. The first-order valence-corrected chi connectivity index (χ1v) is 9.03. The number of urea groups is 1. The number of amides is 3. The minimum atomic E-state index is -0.494. The molecule has 0 aliphatic carbocycles. The molecule has 4 rings (SSSR count). The van der Waals surface area contributed by atoms with E-state index in [1.807, 2.05) is 52.0 Å². The third-order valence-corrected chi connectivity index (χ3v) is 5.58. The van der Waals surface area contributed by atoms with Crippen molar-refractivity contribution in [3.05, 3.63) is 30.5 Å². The molecule has 27 heavy (non-hydrogen) atoms. The Labute approximate surface area is 158 Å². The van der Waals surface area contributed by atoms with Crippen LogP contribution < -0.4 is 15.7 Å². The molecule has 8 heteroatoms. The fraction of sp³-hybridized carbons (Fsp3) is 0.421. The summed E-state index contributed by atoms with van der Waals surface area (Å²) in [5.74, 6) is -0.248. The van der Waals surface area contributed by atoms with E-state index in [-0.39, 0.29) is 12.3 Å². The molecule has 0 spiro atoms. The van der Waals surface area contributed by atoms with Crippen molar-refractivity contribution in [3.63, 3.8) is 0 Å². The number of carbonyl (C=O) groups excluding carboxylic acids is 2. The van der Waals surface area contributed by atoms with E-state index >= 15 is 0 Å². The maximum absolute atomic E-state index is 12.1. The molecule has 0 bridgehead atoms. The summed E-state index contributed by atoms with van der Waals surface area (Å²) in [5, 5.41) is 3.22. The predicted molar refractivity (Wildman–Crippen MR) is 103 cm³/mol. The molecule has 3 amide bonds. The maximum Gasteiger partial charge on any atom is 0.496 e. The van der Waals surface area contributed by atoms with Gasteiger partial charge in [-0.05, 0) is 45.9 Å². The van der Waals surface area contributed by atoms with Crippen molar-refractivity contribution in [2.45, 2.75) is 45.3 Å². The summed E-state index contributed by atoms with van der Waals surface area (Å²) in [6, 6.07) is 7.16. The quantitative estimate of drug-likeness (QED) is 0.821. The van der Waals surface area contributed by atoms with Gasteiger partial charge in [-0.1, -0.05) is 6.07 Å². The Bertz CT molecular complexity index is 928. The second-order valence-corrected chi connectivity index (χ2v) is 7.99. The predicted octanol–water partition coefficient (Wildman–Crippen LogP) is 1.98. The molecule has 0 saturated carbocycles. The van der Waals surface area contributed by atoms with E-state index in [0.717, 1.165) is 22.1 Å². The molecule has 0 unspecified atom stereocenters. The molecule has 1 N–H and O–H groups in total. The Morgan fingerprint density at radius 3 is 2.48 bits per heavy atom. The third kappa shape index (κ3) is 3.09. The molecule has 0 radical (unpaired) electrons. The molecule has 0 atom stereocenters. The van der Waals surface area contributed by atoms with Crippen LogP contribution in [0, 0.1) is 0 Å². The smallest absolute Gasteiger partial charge is 0.399 e. The van der Waals surface area contributed by atoms with Crippen LogP contribution >= 0.6 is 0 Å². The average Bonchev–Trinajstić information content (AvgIpc) is 2.82. The van der Waals surface area contributed by atoms with Gasteiger partial charge in [-0.15, -0.1) is 0 Å². The number of fused-ring (bicyclic) bond motifs is 1. The van der Waals surface area contributed by atoms with Crippen LogP contribution in [0.4, 0.5) is 10.5 Å². The molecule has 2 aromatic rings. The van der Waals surface area contributed by atoms with Crippen molar-refractivity contribution < 1.29 is 18.9 Å². The lowest BCUT2D eigenvalue weighted by Gasteiger charge is -2.32. The Kier molecular flexibility index (Phi) is 4.01. The van der Waals surface area contributed by atoms with Crippen LogP contribution in [0.2, 0.25) is 0 Å². The van der Waals surface area contributed by atoms with Gasteiger partial charge in [0, 0.05) is 35.7 Å². The monoisotopic (exact) mass is 367 g/mol. The van der Waals surface area contributed by atoms with Gasteiger partial charge in [-0.2, -0.15) is 0 Å². The van der Waals surface area contributed by atoms with Crippen LogP contribution in [-0.2, 0) is 14.1 Å². The van der Waals surface area contributed by atoms with Gasteiger partial charge in [0.2, 0.25) is 5.91 Å². The Balaban J connectivity index is 1.66. The first-order chi connectivity index (χ1) is 12.7. The van der Waals surface area contributed by atoms with Crippen molar-refractivity contribution >= 4 is 41.1 Å². The van der Waals surface area contributed by atoms with Crippen LogP contribution in [0.1, 0.15) is 34.1 Å². The highest BCUT2D eigenvalue weighted by molar-refractivity contribution is 6.62. The van der Waals surface area contributed by atoms with E-state index in [1.54, 1.807) is 11.1 Å². The number of anilines is 1. The van der Waals surface area contributed by atoms with Gasteiger partial charge >= 0.3 is 13.1 Å². The first kappa shape index (κ1) is 17.9. The fourth-order valence-electron chi connectivity index (χ4n) is 3.22. The number of pyridine rings is 1. The molecular formula is C19H22BN3O4. The second-order valence-electron chi connectivity index (χ2n) is 7.99. The van der Waals surface area contributed by atoms with Crippen LogP contribution in [0.3, 0.4) is 0 Å². The lowest BCUT2D eigenvalue weighted by atomic mass is 9.80. The highest BCUT2D eigenvalue weighted by Crippen LogP contribution is 2.36. The average molecular weight is 367 g/mol. The minimum absolute atomic E-state index is 0.248. The van der Waals surface area contributed by atoms with Crippen molar-refractivity contribution in [2.75, 3.05) is 11.4 Å². The van der Waals surface area contributed by atoms with E-state index in [0.29, 0.717) is 6.54 Å². The zero-order valence-corrected chi connectivity index (χ0v) is 15.9. The summed E-state index contributed by atoms with van der Waals surface area (Å²) in [6.07, 6.45) is 2.05. The lowest BCUT2D eigenvalue weighted by molar-refractivity contribution is -0.120. The number of nitrogens with zero attached hydrogens (tertiary/aromatic N) is 2. The number of rotatable bonds is 2. The van der Waals surface area contributed by atoms with Gasteiger partial charge in [0.1, 0.15) is 0 Å². The topological polar surface area (TPSA) is 80.8 Å². The van der Waals surface area contributed by atoms with Crippen molar-refractivity contribution in [1.29, 1.82) is 0 Å². The summed E-state index contributed by atoms with van der Waals surface area (Å²) < 4.78 is 12.2. The van der Waals surface area contributed by atoms with Gasteiger partial charge < -0.3 is 9.31 Å². The molecule has 140 valence electrons. The number of carbonyl (C=O) groups is 2. The molecule has 3 heterocycles. The number of benzene rings is 1. The SMILES string of the molecule is CC1(C)OB(c2cnc3ccc(N4CCC(=O)NC4=O)cc3c2)OC1(C)C. The van der Waals surface area contributed by atoms with Crippen molar-refractivity contribution in [3.8, 4) is 0 Å². The Hall–Kier alpha value is -2.45. The molecule has 1 aromatic heterocycles. The van der Waals surface area contributed by atoms with Crippen LogP contribution in [0.5, 0.6) is 0 Å². The number of hydrogen-bond donors (Lipinski definition) is 1. The summed E-state index contributed by atoms with van der Waals surface area (Å²) in [5.41, 5.74) is 1.52. The number of nitrogens with one attached hydrogen (secondary N) is 1. The molecule has 2 fully saturated rings. The van der Waals surface area contributed by atoms with Gasteiger partial charge in [0.05, 0.1) is 16.7 Å².